The van der Waals surface area contributed by atoms with Crippen LogP contribution in [-0.4, -0.2) is 55.4 Å². The van der Waals surface area contributed by atoms with Crippen molar-refractivity contribution < 1.29 is 22.9 Å². The number of nitro groups is 1. The molecule has 0 fully saturated rings. The van der Waals surface area contributed by atoms with Crippen LogP contribution < -0.4 is 9.62 Å². The molecule has 1 N–H and O–H groups in total. The highest BCUT2D eigenvalue weighted by molar-refractivity contribution is 7.92. The number of nitro benzene ring substituents is 1. The molecule has 206 valence electrons. The molecule has 3 aromatic rings. The van der Waals surface area contributed by atoms with Crippen molar-refractivity contribution in [2.75, 3.05) is 23.7 Å². The van der Waals surface area contributed by atoms with Crippen LogP contribution in [0, 0.1) is 10.1 Å². The van der Waals surface area contributed by atoms with Crippen LogP contribution in [0.25, 0.3) is 0 Å². The highest BCUT2D eigenvalue weighted by Crippen LogP contribution is 2.24. The van der Waals surface area contributed by atoms with Crippen LogP contribution in [0.5, 0.6) is 0 Å². The van der Waals surface area contributed by atoms with E-state index in [0.29, 0.717) is 17.1 Å². The van der Waals surface area contributed by atoms with Crippen LogP contribution in [0.1, 0.15) is 18.1 Å². The van der Waals surface area contributed by atoms with Crippen LogP contribution in [-0.2, 0) is 32.6 Å². The molecule has 0 aliphatic carbocycles. The molecule has 3 aromatic carbocycles. The first-order valence-electron chi connectivity index (χ1n) is 12.1. The molecule has 0 saturated carbocycles. The number of likely N-dealkylation sites (N-methyl/N-ethyl adjacent to an activating group) is 1. The SMILES string of the molecule is CCNC(=O)C(Cc1ccccc1)N(Cc1cccc(Cl)c1)C(=O)CN(c1cccc([N+](=O)[O-])c1)S(C)(=O)=O. The summed E-state index contributed by atoms with van der Waals surface area (Å²) < 4.78 is 26.3. The van der Waals surface area contributed by atoms with E-state index in [1.165, 1.54) is 23.1 Å². The zero-order valence-electron chi connectivity index (χ0n) is 21.5. The fourth-order valence-corrected chi connectivity index (χ4v) is 5.11. The number of benzene rings is 3. The molecule has 2 amide bonds. The highest BCUT2D eigenvalue weighted by atomic mass is 35.5. The third kappa shape index (κ3) is 8.26. The Kier molecular flexibility index (Phi) is 10.0. The molecule has 1 atom stereocenters. The lowest BCUT2D eigenvalue weighted by atomic mass is 10.0. The number of non-ortho nitro benzene ring substituents is 1. The van der Waals surface area contributed by atoms with Crippen molar-refractivity contribution in [2.45, 2.75) is 25.9 Å². The number of halogens is 1. The lowest BCUT2D eigenvalue weighted by molar-refractivity contribution is -0.384. The number of nitrogens with zero attached hydrogens (tertiary/aromatic N) is 3. The number of carbonyl (C=O) groups excluding carboxylic acids is 2. The minimum Gasteiger partial charge on any atom is -0.355 e. The number of sulfonamides is 1. The van der Waals surface area contributed by atoms with E-state index in [9.17, 15) is 28.1 Å². The predicted octanol–water partition coefficient (Wildman–Crippen LogP) is 3.79. The fraction of sp³-hybridized carbons (Fsp3) is 0.259. The zero-order chi connectivity index (χ0) is 28.6. The minimum absolute atomic E-state index is 0.0272. The van der Waals surface area contributed by atoms with Gasteiger partial charge in [0.1, 0.15) is 12.6 Å². The van der Waals surface area contributed by atoms with E-state index in [-0.39, 0.29) is 24.3 Å². The van der Waals surface area contributed by atoms with Gasteiger partial charge in [-0.2, -0.15) is 0 Å². The van der Waals surface area contributed by atoms with Crippen molar-refractivity contribution in [1.82, 2.24) is 10.2 Å². The molecule has 39 heavy (non-hydrogen) atoms. The molecular formula is C27H29ClN4O6S. The predicted molar refractivity (Wildman–Crippen MR) is 150 cm³/mol. The Labute approximate surface area is 232 Å². The molecule has 0 radical (unpaired) electrons. The molecule has 10 nitrogen and oxygen atoms in total. The Bertz CT molecular complexity index is 1430. The van der Waals surface area contributed by atoms with Crippen LogP contribution in [0.2, 0.25) is 5.02 Å². The summed E-state index contributed by atoms with van der Waals surface area (Å²) in [6, 6.07) is 20.0. The average Bonchev–Trinajstić information content (AvgIpc) is 2.89. The van der Waals surface area contributed by atoms with Gasteiger partial charge in [-0.05, 0) is 36.2 Å². The second-order valence-corrected chi connectivity index (χ2v) is 11.1. The normalized spacial score (nSPS) is 11.9. The molecule has 1 unspecified atom stereocenters. The van der Waals surface area contributed by atoms with Gasteiger partial charge in [-0.3, -0.25) is 24.0 Å². The summed E-state index contributed by atoms with van der Waals surface area (Å²) in [6.07, 6.45) is 1.08. The lowest BCUT2D eigenvalue weighted by Crippen LogP contribution is -2.53. The number of anilines is 1. The Morgan fingerprint density at radius 2 is 1.67 bits per heavy atom. The first-order chi connectivity index (χ1) is 18.5. The highest BCUT2D eigenvalue weighted by Gasteiger charge is 2.33. The summed E-state index contributed by atoms with van der Waals surface area (Å²) in [5, 5.41) is 14.5. The van der Waals surface area contributed by atoms with Crippen molar-refractivity contribution in [1.29, 1.82) is 0 Å². The van der Waals surface area contributed by atoms with Crippen molar-refractivity contribution in [3.63, 3.8) is 0 Å². The topological polar surface area (TPSA) is 130 Å². The molecule has 3 rings (SSSR count). The van der Waals surface area contributed by atoms with E-state index < -0.39 is 39.3 Å². The van der Waals surface area contributed by atoms with Gasteiger partial charge in [0.2, 0.25) is 21.8 Å². The Balaban J connectivity index is 2.06. The molecule has 0 aliphatic rings. The number of hydrogen-bond donors (Lipinski definition) is 1. The summed E-state index contributed by atoms with van der Waals surface area (Å²) in [5.74, 6) is -1.07. The van der Waals surface area contributed by atoms with Crippen LogP contribution in [0.15, 0.2) is 78.9 Å². The van der Waals surface area contributed by atoms with Crippen LogP contribution in [0.4, 0.5) is 11.4 Å². The zero-order valence-corrected chi connectivity index (χ0v) is 23.1. The van der Waals surface area contributed by atoms with Gasteiger partial charge in [0, 0.05) is 36.7 Å². The summed E-state index contributed by atoms with van der Waals surface area (Å²) in [5.41, 5.74) is 1.07. The molecule has 0 spiro atoms. The number of hydrogen-bond acceptors (Lipinski definition) is 6. The first kappa shape index (κ1) is 29.6. The van der Waals surface area contributed by atoms with Crippen molar-refractivity contribution in [3.05, 3.63) is 105 Å². The minimum atomic E-state index is -4.04. The molecule has 12 heteroatoms. The van der Waals surface area contributed by atoms with E-state index >= 15 is 0 Å². The second kappa shape index (κ2) is 13.2. The van der Waals surface area contributed by atoms with Crippen molar-refractivity contribution >= 4 is 44.8 Å². The maximum atomic E-state index is 13.9. The molecule has 0 bridgehead atoms. The molecule has 0 aliphatic heterocycles. The van der Waals surface area contributed by atoms with Crippen LogP contribution in [0.3, 0.4) is 0 Å². The monoisotopic (exact) mass is 572 g/mol. The quantitative estimate of drug-likeness (QED) is 0.260. The number of carbonyl (C=O) groups is 2. The first-order valence-corrected chi connectivity index (χ1v) is 14.3. The van der Waals surface area contributed by atoms with Gasteiger partial charge in [0.15, 0.2) is 0 Å². The molecule has 0 heterocycles. The fourth-order valence-electron chi connectivity index (χ4n) is 4.05. The largest absolute Gasteiger partial charge is 0.355 e. The number of rotatable bonds is 12. The van der Waals surface area contributed by atoms with Gasteiger partial charge in [0.05, 0.1) is 16.9 Å². The average molecular weight is 573 g/mol. The van der Waals surface area contributed by atoms with Crippen molar-refractivity contribution in [2.24, 2.45) is 0 Å². The van der Waals surface area contributed by atoms with E-state index in [1.54, 1.807) is 31.2 Å². The maximum Gasteiger partial charge on any atom is 0.271 e. The molecule has 0 aromatic heterocycles. The van der Waals surface area contributed by atoms with E-state index in [0.717, 1.165) is 22.2 Å². The second-order valence-electron chi connectivity index (χ2n) is 8.80. The van der Waals surface area contributed by atoms with E-state index in [4.69, 9.17) is 11.6 Å². The third-order valence-electron chi connectivity index (χ3n) is 5.87. The Morgan fingerprint density at radius 3 is 2.28 bits per heavy atom. The number of nitrogens with one attached hydrogen (secondary N) is 1. The molecular weight excluding hydrogens is 544 g/mol. The number of amides is 2. The van der Waals surface area contributed by atoms with Gasteiger partial charge in [0.25, 0.3) is 5.69 Å². The van der Waals surface area contributed by atoms with Gasteiger partial charge in [-0.25, -0.2) is 8.42 Å². The molecule has 0 saturated heterocycles. The van der Waals surface area contributed by atoms with Gasteiger partial charge >= 0.3 is 0 Å². The summed E-state index contributed by atoms with van der Waals surface area (Å²) in [4.78, 5) is 39.1. The van der Waals surface area contributed by atoms with E-state index in [2.05, 4.69) is 5.32 Å². The standard InChI is InChI=1S/C27H29ClN4O6S/c1-3-29-27(34)25(16-20-9-5-4-6-10-20)30(18-21-11-7-12-22(28)15-21)26(33)19-31(39(2,37)38)23-13-8-14-24(17-23)32(35)36/h4-15,17,25H,3,16,18-19H2,1-2H3,(H,29,34). The summed E-state index contributed by atoms with van der Waals surface area (Å²) in [6.45, 7) is 1.38. The van der Waals surface area contributed by atoms with Gasteiger partial charge in [-0.1, -0.05) is 60.1 Å². The smallest absolute Gasteiger partial charge is 0.271 e. The van der Waals surface area contributed by atoms with E-state index in [1.807, 2.05) is 30.3 Å². The van der Waals surface area contributed by atoms with Gasteiger partial charge in [-0.15, -0.1) is 0 Å². The van der Waals surface area contributed by atoms with Crippen molar-refractivity contribution in [3.8, 4) is 0 Å². The van der Waals surface area contributed by atoms with Crippen LogP contribution >= 0.6 is 11.6 Å². The lowest BCUT2D eigenvalue weighted by Gasteiger charge is -2.33. The summed E-state index contributed by atoms with van der Waals surface area (Å²) >= 11 is 6.17. The third-order valence-corrected chi connectivity index (χ3v) is 7.25. The summed E-state index contributed by atoms with van der Waals surface area (Å²) in [7, 11) is -4.04. The Hall–Kier alpha value is -3.96. The Morgan fingerprint density at radius 1 is 1.00 bits per heavy atom. The van der Waals surface area contributed by atoms with Gasteiger partial charge < -0.3 is 10.2 Å². The maximum absolute atomic E-state index is 13.9.